The maximum Gasteiger partial charge on any atom is 0.322 e. The molecule has 0 aliphatic carbocycles. The van der Waals surface area contributed by atoms with E-state index in [1.54, 1.807) is 4.90 Å². The van der Waals surface area contributed by atoms with Crippen molar-refractivity contribution in [1.29, 1.82) is 0 Å². The van der Waals surface area contributed by atoms with Gasteiger partial charge >= 0.3 is 12.0 Å². The second kappa shape index (κ2) is 6.47. The van der Waals surface area contributed by atoms with Gasteiger partial charge in [0.2, 0.25) is 0 Å². The molecule has 0 spiro atoms. The fraction of sp³-hybridized carbons (Fsp3) is 0.467. The minimum Gasteiger partial charge on any atom is -0.487 e. The maximum absolute atomic E-state index is 12.3. The van der Waals surface area contributed by atoms with E-state index >= 15 is 0 Å². The normalized spacial score (nSPS) is 16.7. The first-order chi connectivity index (χ1) is 10.0. The summed E-state index contributed by atoms with van der Waals surface area (Å²) in [6.45, 7) is 4.60. The Hall–Kier alpha value is -2.24. The number of anilines is 1. The van der Waals surface area contributed by atoms with Crippen molar-refractivity contribution in [2.45, 2.75) is 26.4 Å². The molecule has 0 unspecified atom stereocenters. The third-order valence-electron chi connectivity index (χ3n) is 3.25. The summed E-state index contributed by atoms with van der Waals surface area (Å²) in [4.78, 5) is 25.0. The first-order valence-corrected chi connectivity index (χ1v) is 6.90. The number of aryl methyl sites for hydroxylation is 1. The third-order valence-corrected chi connectivity index (χ3v) is 3.25. The lowest BCUT2D eigenvalue weighted by Gasteiger charge is -2.33. The van der Waals surface area contributed by atoms with Crippen LogP contribution in [-0.2, 0) is 9.53 Å². The summed E-state index contributed by atoms with van der Waals surface area (Å²) in [5.41, 5.74) is 1.81. The highest BCUT2D eigenvalue weighted by atomic mass is 16.5. The Labute approximate surface area is 124 Å². The van der Waals surface area contributed by atoms with Crippen LogP contribution in [0, 0.1) is 6.92 Å². The van der Waals surface area contributed by atoms with Gasteiger partial charge in [-0.1, -0.05) is 6.07 Å². The van der Waals surface area contributed by atoms with E-state index in [9.17, 15) is 9.59 Å². The topological polar surface area (TPSA) is 67.9 Å². The summed E-state index contributed by atoms with van der Waals surface area (Å²) >= 11 is 0. The number of ether oxygens (including phenoxy) is 2. The molecule has 0 fully saturated rings. The first-order valence-electron chi connectivity index (χ1n) is 6.90. The van der Waals surface area contributed by atoms with Crippen molar-refractivity contribution in [3.05, 3.63) is 23.8 Å². The van der Waals surface area contributed by atoms with Crippen LogP contribution in [0.3, 0.4) is 0 Å². The molecule has 21 heavy (non-hydrogen) atoms. The Bertz CT molecular complexity index is 544. The molecule has 1 aromatic rings. The lowest BCUT2D eigenvalue weighted by Crippen LogP contribution is -2.47. The predicted octanol–water partition coefficient (Wildman–Crippen LogP) is 1.86. The molecule has 0 saturated carbocycles. The van der Waals surface area contributed by atoms with Crippen molar-refractivity contribution >= 4 is 17.7 Å². The molecular formula is C15H20N2O4. The average molecular weight is 292 g/mol. The number of hydrogen-bond acceptors (Lipinski definition) is 4. The van der Waals surface area contributed by atoms with Gasteiger partial charge < -0.3 is 14.8 Å². The Kier molecular flexibility index (Phi) is 4.67. The zero-order chi connectivity index (χ0) is 15.4. The molecule has 2 amide bonds. The number of rotatable bonds is 3. The molecule has 0 aromatic heterocycles. The van der Waals surface area contributed by atoms with Crippen molar-refractivity contribution < 1.29 is 19.1 Å². The summed E-state index contributed by atoms with van der Waals surface area (Å²) in [6.07, 6.45) is 0.0783. The molecule has 0 radical (unpaired) electrons. The molecule has 6 heteroatoms. The second-order valence-corrected chi connectivity index (χ2v) is 5.07. The van der Waals surface area contributed by atoms with Crippen molar-refractivity contribution in [1.82, 2.24) is 5.32 Å². The molecule has 0 bridgehead atoms. The minimum absolute atomic E-state index is 0.0773. The summed E-state index contributed by atoms with van der Waals surface area (Å²) < 4.78 is 10.3. The Balaban J connectivity index is 2.07. The highest BCUT2D eigenvalue weighted by Gasteiger charge is 2.27. The fourth-order valence-electron chi connectivity index (χ4n) is 2.21. The standard InChI is InChI=1S/C15H20N2O4/c1-10-4-5-13-12(8-10)17(9-11(2)21-13)15(19)16-7-6-14(18)20-3/h4-5,8,11H,6-7,9H2,1-3H3,(H,16,19)/t11-/m0/s1. The van der Waals surface area contributed by atoms with Crippen molar-refractivity contribution in [3.63, 3.8) is 0 Å². The molecule has 1 aliphatic heterocycles. The number of nitrogens with zero attached hydrogens (tertiary/aromatic N) is 1. The summed E-state index contributed by atoms with van der Waals surface area (Å²) in [6, 6.07) is 5.50. The zero-order valence-corrected chi connectivity index (χ0v) is 12.5. The van der Waals surface area contributed by atoms with E-state index in [1.165, 1.54) is 7.11 Å². The SMILES string of the molecule is COC(=O)CCNC(=O)N1C[C@H](C)Oc2ccc(C)cc21. The van der Waals surface area contributed by atoms with Gasteiger partial charge in [-0.05, 0) is 31.5 Å². The van der Waals surface area contributed by atoms with E-state index in [-0.39, 0.29) is 31.1 Å². The van der Waals surface area contributed by atoms with E-state index < -0.39 is 0 Å². The number of carbonyl (C=O) groups is 2. The Morgan fingerprint density at radius 2 is 2.24 bits per heavy atom. The van der Waals surface area contributed by atoms with Crippen LogP contribution in [0.2, 0.25) is 0 Å². The van der Waals surface area contributed by atoms with E-state index in [0.29, 0.717) is 12.3 Å². The lowest BCUT2D eigenvalue weighted by molar-refractivity contribution is -0.140. The van der Waals surface area contributed by atoms with Crippen LogP contribution in [0.5, 0.6) is 5.75 Å². The highest BCUT2D eigenvalue weighted by Crippen LogP contribution is 2.34. The number of nitrogens with one attached hydrogen (secondary N) is 1. The highest BCUT2D eigenvalue weighted by molar-refractivity contribution is 5.94. The predicted molar refractivity (Wildman–Crippen MR) is 78.6 cm³/mol. The maximum atomic E-state index is 12.3. The molecule has 114 valence electrons. The van der Waals surface area contributed by atoms with Crippen LogP contribution in [-0.4, -0.2) is 38.3 Å². The van der Waals surface area contributed by atoms with Crippen LogP contribution in [0.4, 0.5) is 10.5 Å². The quantitative estimate of drug-likeness (QED) is 0.863. The lowest BCUT2D eigenvalue weighted by atomic mass is 10.1. The van der Waals surface area contributed by atoms with Crippen LogP contribution in [0.25, 0.3) is 0 Å². The van der Waals surface area contributed by atoms with Crippen molar-refractivity contribution in [2.75, 3.05) is 25.1 Å². The zero-order valence-electron chi connectivity index (χ0n) is 12.5. The van der Waals surface area contributed by atoms with Gasteiger partial charge in [-0.2, -0.15) is 0 Å². The third kappa shape index (κ3) is 3.65. The van der Waals surface area contributed by atoms with Crippen LogP contribution < -0.4 is 15.0 Å². The summed E-state index contributed by atoms with van der Waals surface area (Å²) in [5, 5.41) is 2.73. The number of benzene rings is 1. The van der Waals surface area contributed by atoms with Gasteiger partial charge in [0.15, 0.2) is 0 Å². The molecule has 0 saturated heterocycles. The second-order valence-electron chi connectivity index (χ2n) is 5.07. The van der Waals surface area contributed by atoms with E-state index in [4.69, 9.17) is 4.74 Å². The van der Waals surface area contributed by atoms with Gasteiger partial charge in [0.1, 0.15) is 11.9 Å². The van der Waals surface area contributed by atoms with Crippen LogP contribution in [0.1, 0.15) is 18.9 Å². The largest absolute Gasteiger partial charge is 0.487 e. The molecular weight excluding hydrogens is 272 g/mol. The number of methoxy groups -OCH3 is 1. The molecule has 1 aromatic carbocycles. The van der Waals surface area contributed by atoms with Gasteiger partial charge in [0, 0.05) is 6.54 Å². The first kappa shape index (κ1) is 15.2. The molecule has 1 aliphatic rings. The number of carbonyl (C=O) groups excluding carboxylic acids is 2. The van der Waals surface area contributed by atoms with Crippen LogP contribution >= 0.6 is 0 Å². The van der Waals surface area contributed by atoms with Gasteiger partial charge in [-0.15, -0.1) is 0 Å². The number of urea groups is 1. The van der Waals surface area contributed by atoms with E-state index in [0.717, 1.165) is 11.3 Å². The van der Waals surface area contributed by atoms with Crippen molar-refractivity contribution in [3.8, 4) is 5.75 Å². The van der Waals surface area contributed by atoms with E-state index in [2.05, 4.69) is 10.1 Å². The summed E-state index contributed by atoms with van der Waals surface area (Å²) in [5.74, 6) is 0.351. The molecule has 1 N–H and O–H groups in total. The fourth-order valence-corrected chi connectivity index (χ4v) is 2.21. The molecule has 2 rings (SSSR count). The molecule has 6 nitrogen and oxygen atoms in total. The number of amides is 2. The van der Waals surface area contributed by atoms with Crippen molar-refractivity contribution in [2.24, 2.45) is 0 Å². The molecule has 1 heterocycles. The van der Waals surface area contributed by atoms with Gasteiger partial charge in [0.25, 0.3) is 0 Å². The number of esters is 1. The smallest absolute Gasteiger partial charge is 0.322 e. The van der Waals surface area contributed by atoms with E-state index in [1.807, 2.05) is 32.0 Å². The minimum atomic E-state index is -0.345. The van der Waals surface area contributed by atoms with Gasteiger partial charge in [-0.3, -0.25) is 9.69 Å². The monoisotopic (exact) mass is 292 g/mol. The van der Waals surface area contributed by atoms with Crippen LogP contribution in [0.15, 0.2) is 18.2 Å². The number of fused-ring (bicyclic) bond motifs is 1. The van der Waals surface area contributed by atoms with Gasteiger partial charge in [-0.25, -0.2) is 4.79 Å². The Morgan fingerprint density at radius 1 is 1.48 bits per heavy atom. The molecule has 1 atom stereocenters. The number of hydrogen-bond donors (Lipinski definition) is 1. The van der Waals surface area contributed by atoms with Gasteiger partial charge in [0.05, 0.1) is 25.8 Å². The Morgan fingerprint density at radius 3 is 2.95 bits per heavy atom. The summed E-state index contributed by atoms with van der Waals surface area (Å²) in [7, 11) is 1.33. The average Bonchev–Trinajstić information content (AvgIpc) is 2.46.